The van der Waals surface area contributed by atoms with E-state index in [1.807, 2.05) is 0 Å². The van der Waals surface area contributed by atoms with Crippen LogP contribution in [0.5, 0.6) is 0 Å². The fraction of sp³-hybridized carbons (Fsp3) is 0.867. The summed E-state index contributed by atoms with van der Waals surface area (Å²) in [7, 11) is 0. The van der Waals surface area contributed by atoms with Gasteiger partial charge in [0.2, 0.25) is 5.91 Å². The van der Waals surface area contributed by atoms with E-state index in [4.69, 9.17) is 0 Å². The van der Waals surface area contributed by atoms with Crippen molar-refractivity contribution in [3.63, 3.8) is 0 Å². The van der Waals surface area contributed by atoms with Crippen LogP contribution in [0, 0.1) is 11.8 Å². The van der Waals surface area contributed by atoms with Gasteiger partial charge >= 0.3 is 5.97 Å². The van der Waals surface area contributed by atoms with Gasteiger partial charge in [0.15, 0.2) is 5.66 Å². The number of carbonyl (C=O) groups excluding carboxylic acids is 1. The molecule has 4 unspecified atom stereocenters. The van der Waals surface area contributed by atoms with E-state index in [0.29, 0.717) is 24.3 Å². The number of rotatable bonds is 6. The lowest BCUT2D eigenvalue weighted by molar-refractivity contribution is -0.142. The zero-order valence-corrected chi connectivity index (χ0v) is 12.9. The molecule has 7 nitrogen and oxygen atoms in total. The highest BCUT2D eigenvalue weighted by molar-refractivity contribution is 5.84. The molecule has 2 fully saturated rings. The molecule has 4 atom stereocenters. The van der Waals surface area contributed by atoms with E-state index in [2.05, 4.69) is 20.9 Å². The maximum absolute atomic E-state index is 12.0. The molecule has 22 heavy (non-hydrogen) atoms. The summed E-state index contributed by atoms with van der Waals surface area (Å²) in [4.78, 5) is 23.4. The minimum Gasteiger partial charge on any atom is -0.480 e. The summed E-state index contributed by atoms with van der Waals surface area (Å²) in [6.45, 7) is 2.62. The third kappa shape index (κ3) is 3.45. The predicted octanol–water partition coefficient (Wildman–Crippen LogP) is 1.30. The number of nitrogens with zero attached hydrogens (tertiary/aromatic N) is 2. The fourth-order valence-electron chi connectivity index (χ4n) is 3.92. The highest BCUT2D eigenvalue weighted by Gasteiger charge is 2.41. The molecule has 3 N–H and O–H groups in total. The standard InChI is InChI=1S/C15H24N4O3/c1-15(18-19-15)7-13(20)17-12(14(21)22)6-9-8-16-11-5-3-2-4-10(9)11/h9-12,16H,2-8H2,1H3,(H,17,20)(H,21,22). The van der Waals surface area contributed by atoms with Crippen molar-refractivity contribution in [2.45, 2.75) is 63.2 Å². The molecule has 0 aromatic carbocycles. The van der Waals surface area contributed by atoms with E-state index >= 15 is 0 Å². The molecule has 0 spiro atoms. The summed E-state index contributed by atoms with van der Waals surface area (Å²) in [6, 6.07) is -0.283. The maximum Gasteiger partial charge on any atom is 0.326 e. The lowest BCUT2D eigenvalue weighted by Gasteiger charge is -2.29. The van der Waals surface area contributed by atoms with Gasteiger partial charge in [-0.25, -0.2) is 4.79 Å². The molecule has 1 amide bonds. The van der Waals surface area contributed by atoms with Gasteiger partial charge in [-0.3, -0.25) is 4.79 Å². The smallest absolute Gasteiger partial charge is 0.326 e. The molecule has 1 saturated carbocycles. The summed E-state index contributed by atoms with van der Waals surface area (Å²) in [5.74, 6) is -0.357. The van der Waals surface area contributed by atoms with Gasteiger partial charge < -0.3 is 15.7 Å². The van der Waals surface area contributed by atoms with Gasteiger partial charge in [-0.2, -0.15) is 10.2 Å². The Morgan fingerprint density at radius 1 is 1.36 bits per heavy atom. The highest BCUT2D eigenvalue weighted by atomic mass is 16.4. The van der Waals surface area contributed by atoms with Crippen molar-refractivity contribution >= 4 is 11.9 Å². The van der Waals surface area contributed by atoms with Crippen LogP contribution >= 0.6 is 0 Å². The summed E-state index contributed by atoms with van der Waals surface area (Å²) >= 11 is 0. The van der Waals surface area contributed by atoms with E-state index in [1.54, 1.807) is 6.92 Å². The first-order chi connectivity index (χ1) is 10.5. The topological polar surface area (TPSA) is 103 Å². The van der Waals surface area contributed by atoms with Crippen molar-refractivity contribution in [1.29, 1.82) is 0 Å². The average Bonchev–Trinajstić information content (AvgIpc) is 3.05. The van der Waals surface area contributed by atoms with E-state index in [0.717, 1.165) is 6.54 Å². The molecule has 3 aliphatic rings. The van der Waals surface area contributed by atoms with Crippen LogP contribution in [0.25, 0.3) is 0 Å². The molecular formula is C15H24N4O3. The second-order valence-corrected chi connectivity index (χ2v) is 7.01. The maximum atomic E-state index is 12.0. The van der Waals surface area contributed by atoms with Gasteiger partial charge in [-0.05, 0) is 44.6 Å². The lowest BCUT2D eigenvalue weighted by Crippen LogP contribution is -2.44. The Bertz CT molecular complexity index is 487. The third-order valence-electron chi connectivity index (χ3n) is 5.18. The zero-order valence-electron chi connectivity index (χ0n) is 12.9. The number of carboxylic acids is 1. The normalized spacial score (nSPS) is 33.0. The largest absolute Gasteiger partial charge is 0.480 e. The van der Waals surface area contributed by atoms with Gasteiger partial charge in [0, 0.05) is 6.04 Å². The first-order valence-electron chi connectivity index (χ1n) is 8.16. The molecular weight excluding hydrogens is 284 g/mol. The minimum atomic E-state index is -0.956. The number of carboxylic acid groups (broad SMARTS) is 1. The van der Waals surface area contributed by atoms with Crippen LogP contribution in [0.1, 0.15) is 45.4 Å². The Hall–Kier alpha value is -1.50. The van der Waals surface area contributed by atoms with Crippen LogP contribution in [0.2, 0.25) is 0 Å². The van der Waals surface area contributed by atoms with Gasteiger partial charge in [-0.15, -0.1) is 0 Å². The number of fused-ring (bicyclic) bond motifs is 1. The van der Waals surface area contributed by atoms with Crippen molar-refractivity contribution < 1.29 is 14.7 Å². The molecule has 0 aromatic rings. The molecule has 7 heteroatoms. The Balaban J connectivity index is 1.55. The van der Waals surface area contributed by atoms with Crippen LogP contribution in [0.3, 0.4) is 0 Å². The van der Waals surface area contributed by atoms with E-state index in [-0.39, 0.29) is 12.3 Å². The molecule has 3 rings (SSSR count). The molecule has 0 bridgehead atoms. The Labute approximate surface area is 129 Å². The van der Waals surface area contributed by atoms with Crippen molar-refractivity contribution in [2.75, 3.05) is 6.54 Å². The minimum absolute atomic E-state index is 0.131. The molecule has 1 aliphatic carbocycles. The van der Waals surface area contributed by atoms with Crippen molar-refractivity contribution in [3.05, 3.63) is 0 Å². The fourth-order valence-corrected chi connectivity index (χ4v) is 3.92. The molecule has 2 aliphatic heterocycles. The predicted molar refractivity (Wildman–Crippen MR) is 79.3 cm³/mol. The second kappa shape index (κ2) is 5.95. The molecule has 0 aromatic heterocycles. The summed E-state index contributed by atoms with van der Waals surface area (Å²) in [5, 5.41) is 23.2. The van der Waals surface area contributed by atoms with Crippen molar-refractivity contribution in [2.24, 2.45) is 22.1 Å². The quantitative estimate of drug-likeness (QED) is 0.688. The van der Waals surface area contributed by atoms with E-state index in [9.17, 15) is 14.7 Å². The van der Waals surface area contributed by atoms with Gasteiger partial charge in [0.1, 0.15) is 6.04 Å². The first kappa shape index (κ1) is 15.4. The van der Waals surface area contributed by atoms with Gasteiger partial charge in [0.05, 0.1) is 6.42 Å². The van der Waals surface area contributed by atoms with Crippen LogP contribution in [-0.4, -0.2) is 41.3 Å². The molecule has 0 radical (unpaired) electrons. The molecule has 122 valence electrons. The van der Waals surface area contributed by atoms with Crippen LogP contribution in [-0.2, 0) is 9.59 Å². The number of hydrogen-bond donors (Lipinski definition) is 3. The average molecular weight is 308 g/mol. The van der Waals surface area contributed by atoms with Crippen LogP contribution in [0.4, 0.5) is 0 Å². The van der Waals surface area contributed by atoms with E-state index < -0.39 is 17.7 Å². The number of carbonyl (C=O) groups is 2. The van der Waals surface area contributed by atoms with Gasteiger partial charge in [-0.1, -0.05) is 12.8 Å². The number of aliphatic carboxylic acids is 1. The Kier molecular flexibility index (Phi) is 4.16. The number of amides is 1. The van der Waals surface area contributed by atoms with Crippen molar-refractivity contribution in [3.8, 4) is 0 Å². The van der Waals surface area contributed by atoms with Crippen LogP contribution in [0.15, 0.2) is 10.2 Å². The first-order valence-corrected chi connectivity index (χ1v) is 8.16. The molecule has 1 saturated heterocycles. The van der Waals surface area contributed by atoms with E-state index in [1.165, 1.54) is 25.7 Å². The second-order valence-electron chi connectivity index (χ2n) is 7.01. The summed E-state index contributed by atoms with van der Waals surface area (Å²) in [5.41, 5.74) is -0.628. The lowest BCUT2D eigenvalue weighted by atomic mass is 9.77. The van der Waals surface area contributed by atoms with Gasteiger partial charge in [0.25, 0.3) is 0 Å². The SMILES string of the molecule is CC1(CC(=O)NC(CC2CNC3CCCCC23)C(=O)O)N=N1. The Morgan fingerprint density at radius 2 is 2.09 bits per heavy atom. The number of nitrogens with one attached hydrogen (secondary N) is 2. The zero-order chi connectivity index (χ0) is 15.7. The highest BCUT2D eigenvalue weighted by Crippen LogP contribution is 2.37. The van der Waals surface area contributed by atoms with Crippen molar-refractivity contribution in [1.82, 2.24) is 10.6 Å². The summed E-state index contributed by atoms with van der Waals surface area (Å²) in [6.07, 6.45) is 5.47. The van der Waals surface area contributed by atoms with Crippen LogP contribution < -0.4 is 10.6 Å². The third-order valence-corrected chi connectivity index (χ3v) is 5.18. The monoisotopic (exact) mass is 308 g/mol. The molecule has 2 heterocycles. The summed E-state index contributed by atoms with van der Waals surface area (Å²) < 4.78 is 0. The number of hydrogen-bond acceptors (Lipinski definition) is 5. The Morgan fingerprint density at radius 3 is 2.77 bits per heavy atom.